The van der Waals surface area contributed by atoms with Crippen molar-refractivity contribution in [1.82, 2.24) is 34.6 Å². The van der Waals surface area contributed by atoms with E-state index in [2.05, 4.69) is 32.0 Å². The van der Waals surface area contributed by atoms with E-state index in [0.717, 1.165) is 110 Å². The number of nitrogens with one attached hydrogen (secondary N) is 1. The van der Waals surface area contributed by atoms with Gasteiger partial charge in [-0.25, -0.2) is 19.9 Å². The van der Waals surface area contributed by atoms with E-state index in [1.807, 2.05) is 30.3 Å². The van der Waals surface area contributed by atoms with Gasteiger partial charge in [-0.15, -0.1) is 0 Å². The molecule has 3 aromatic rings. The first-order valence-electron chi connectivity index (χ1n) is 14.8. The molecule has 220 valence electrons. The molecule has 0 spiro atoms. The van der Waals surface area contributed by atoms with Crippen LogP contribution in [0.2, 0.25) is 0 Å². The minimum absolute atomic E-state index is 0.531. The van der Waals surface area contributed by atoms with E-state index in [1.54, 1.807) is 0 Å². The highest BCUT2D eigenvalue weighted by Gasteiger charge is 2.24. The van der Waals surface area contributed by atoms with Gasteiger partial charge >= 0.3 is 0 Å². The summed E-state index contributed by atoms with van der Waals surface area (Å²) in [6.45, 7) is 13.4. The number of hydrogen-bond acceptors (Lipinski definition) is 12. The van der Waals surface area contributed by atoms with Crippen LogP contribution in [0.25, 0.3) is 22.6 Å². The highest BCUT2D eigenvalue weighted by Crippen LogP contribution is 2.31. The molecule has 12 nitrogen and oxygen atoms in total. The van der Waals surface area contributed by atoms with E-state index in [4.69, 9.17) is 34.1 Å². The summed E-state index contributed by atoms with van der Waals surface area (Å²) < 4.78 is 17.4. The zero-order valence-corrected chi connectivity index (χ0v) is 24.0. The Bertz CT molecular complexity index is 1260. The molecular formula is C29H41N9O3. The van der Waals surface area contributed by atoms with Crippen molar-refractivity contribution in [3.63, 3.8) is 0 Å². The van der Waals surface area contributed by atoms with Crippen molar-refractivity contribution < 1.29 is 14.2 Å². The Kier molecular flexibility index (Phi) is 9.33. The van der Waals surface area contributed by atoms with Gasteiger partial charge in [-0.3, -0.25) is 9.80 Å². The molecule has 0 amide bonds. The zero-order chi connectivity index (χ0) is 27.9. The van der Waals surface area contributed by atoms with Gasteiger partial charge in [-0.1, -0.05) is 30.3 Å². The second kappa shape index (κ2) is 13.7. The van der Waals surface area contributed by atoms with Crippen LogP contribution < -0.4 is 15.0 Å². The standard InChI is InChI=1S/C29H41N9O3/c1-35-9-11-38(12-10-35)28-29(41-22-17-37-15-20-40-21-16-37)31-24-26(30-7-8-36-13-18-39-19-14-36)32-25(33-27(24)34-28)23-5-3-2-4-6-23/h2-6H,7-22H2,1H3,(H,30,32,33,34). The summed E-state index contributed by atoms with van der Waals surface area (Å²) in [5.74, 6) is 2.61. The summed E-state index contributed by atoms with van der Waals surface area (Å²) in [7, 11) is 2.15. The minimum atomic E-state index is 0.531. The summed E-state index contributed by atoms with van der Waals surface area (Å²) in [6.07, 6.45) is 0. The Morgan fingerprint density at radius 1 is 0.780 bits per heavy atom. The number of benzene rings is 1. The molecule has 6 rings (SSSR count). The van der Waals surface area contributed by atoms with Crippen LogP contribution in [0, 0.1) is 0 Å². The van der Waals surface area contributed by atoms with E-state index < -0.39 is 0 Å². The Morgan fingerprint density at radius 2 is 1.46 bits per heavy atom. The maximum Gasteiger partial charge on any atom is 0.258 e. The lowest BCUT2D eigenvalue weighted by Crippen LogP contribution is -2.45. The van der Waals surface area contributed by atoms with Crippen molar-refractivity contribution in [2.45, 2.75) is 0 Å². The van der Waals surface area contributed by atoms with Crippen LogP contribution in [0.1, 0.15) is 0 Å². The Morgan fingerprint density at radius 3 is 2.17 bits per heavy atom. The third-order valence-corrected chi connectivity index (χ3v) is 7.89. The SMILES string of the molecule is CN1CCN(c2nc3nc(-c4ccccc4)nc(NCCN4CCOCC4)c3nc2OCCN2CCOCC2)CC1. The molecule has 2 aromatic heterocycles. The third kappa shape index (κ3) is 7.19. The molecule has 1 aromatic carbocycles. The lowest BCUT2D eigenvalue weighted by atomic mass is 10.2. The number of rotatable bonds is 10. The smallest absolute Gasteiger partial charge is 0.258 e. The predicted octanol–water partition coefficient (Wildman–Crippen LogP) is 1.29. The average molecular weight is 564 g/mol. The normalized spacial score (nSPS) is 19.5. The zero-order valence-electron chi connectivity index (χ0n) is 24.0. The van der Waals surface area contributed by atoms with Crippen molar-refractivity contribution in [2.75, 3.05) is 122 Å². The van der Waals surface area contributed by atoms with Crippen LogP contribution in [0.15, 0.2) is 30.3 Å². The lowest BCUT2D eigenvalue weighted by Gasteiger charge is -2.33. The summed E-state index contributed by atoms with van der Waals surface area (Å²) in [4.78, 5) is 29.3. The number of aromatic nitrogens is 4. The lowest BCUT2D eigenvalue weighted by molar-refractivity contribution is 0.0320. The quantitative estimate of drug-likeness (QED) is 0.384. The fourth-order valence-corrected chi connectivity index (χ4v) is 5.34. The number of nitrogens with zero attached hydrogens (tertiary/aromatic N) is 8. The third-order valence-electron chi connectivity index (χ3n) is 7.89. The molecule has 0 bridgehead atoms. The summed E-state index contributed by atoms with van der Waals surface area (Å²) in [5.41, 5.74) is 2.15. The van der Waals surface area contributed by atoms with Crippen molar-refractivity contribution >= 4 is 22.8 Å². The molecule has 0 aliphatic carbocycles. The van der Waals surface area contributed by atoms with Crippen molar-refractivity contribution in [1.29, 1.82) is 0 Å². The number of hydrogen-bond donors (Lipinski definition) is 1. The predicted molar refractivity (Wildman–Crippen MR) is 159 cm³/mol. The molecule has 0 radical (unpaired) electrons. The molecule has 3 fully saturated rings. The van der Waals surface area contributed by atoms with Crippen LogP contribution in [0.3, 0.4) is 0 Å². The number of likely N-dealkylation sites (N-methyl/N-ethyl adjacent to an activating group) is 1. The molecular weight excluding hydrogens is 522 g/mol. The van der Waals surface area contributed by atoms with Gasteiger partial charge in [0.05, 0.1) is 26.4 Å². The molecule has 0 atom stereocenters. The Balaban J connectivity index is 1.32. The van der Waals surface area contributed by atoms with E-state index in [0.29, 0.717) is 35.3 Å². The fraction of sp³-hybridized carbons (Fsp3) is 0.586. The highest BCUT2D eigenvalue weighted by molar-refractivity contribution is 5.86. The summed E-state index contributed by atoms with van der Waals surface area (Å²) >= 11 is 0. The first-order valence-corrected chi connectivity index (χ1v) is 14.8. The van der Waals surface area contributed by atoms with Gasteiger partial charge in [0.2, 0.25) is 0 Å². The molecule has 41 heavy (non-hydrogen) atoms. The monoisotopic (exact) mass is 563 g/mol. The molecule has 3 aliphatic heterocycles. The van der Waals surface area contributed by atoms with E-state index >= 15 is 0 Å². The molecule has 3 aliphatic rings. The maximum atomic E-state index is 6.38. The fourth-order valence-electron chi connectivity index (χ4n) is 5.34. The van der Waals surface area contributed by atoms with Gasteiger partial charge < -0.3 is 29.3 Å². The van der Waals surface area contributed by atoms with Gasteiger partial charge in [0.1, 0.15) is 6.61 Å². The Hall–Kier alpha value is -3.16. The summed E-state index contributed by atoms with van der Waals surface area (Å²) in [6, 6.07) is 10.0. The summed E-state index contributed by atoms with van der Waals surface area (Å²) in [5, 5.41) is 3.55. The van der Waals surface area contributed by atoms with Crippen LogP contribution in [-0.2, 0) is 9.47 Å². The number of fused-ring (bicyclic) bond motifs is 1. The number of morpholine rings is 2. The first kappa shape index (κ1) is 28.0. The van der Waals surface area contributed by atoms with Gasteiger partial charge in [-0.2, -0.15) is 0 Å². The van der Waals surface area contributed by atoms with E-state index in [9.17, 15) is 0 Å². The maximum absolute atomic E-state index is 6.38. The number of ether oxygens (including phenoxy) is 3. The molecule has 1 N–H and O–H groups in total. The van der Waals surface area contributed by atoms with Crippen LogP contribution >= 0.6 is 0 Å². The molecule has 0 saturated carbocycles. The number of piperazine rings is 1. The van der Waals surface area contributed by atoms with Gasteiger partial charge in [0.15, 0.2) is 28.6 Å². The van der Waals surface area contributed by atoms with Crippen LogP contribution in [-0.4, -0.2) is 147 Å². The van der Waals surface area contributed by atoms with Gasteiger partial charge in [-0.05, 0) is 7.05 Å². The van der Waals surface area contributed by atoms with Gasteiger partial charge in [0.25, 0.3) is 5.88 Å². The Labute approximate surface area is 241 Å². The number of anilines is 2. The van der Waals surface area contributed by atoms with Gasteiger partial charge in [0, 0.05) is 77.6 Å². The minimum Gasteiger partial charge on any atom is -0.474 e. The molecule has 12 heteroatoms. The van der Waals surface area contributed by atoms with Crippen molar-refractivity contribution in [3.8, 4) is 17.3 Å². The van der Waals surface area contributed by atoms with E-state index in [1.165, 1.54) is 0 Å². The molecule has 3 saturated heterocycles. The van der Waals surface area contributed by atoms with Crippen molar-refractivity contribution in [3.05, 3.63) is 30.3 Å². The van der Waals surface area contributed by atoms with E-state index in [-0.39, 0.29) is 0 Å². The average Bonchev–Trinajstić information content (AvgIpc) is 3.02. The highest BCUT2D eigenvalue weighted by atomic mass is 16.5. The largest absolute Gasteiger partial charge is 0.474 e. The van der Waals surface area contributed by atoms with Crippen LogP contribution in [0.4, 0.5) is 11.6 Å². The van der Waals surface area contributed by atoms with Crippen LogP contribution in [0.5, 0.6) is 5.88 Å². The first-order chi connectivity index (χ1) is 20.2. The molecule has 5 heterocycles. The molecule has 0 unspecified atom stereocenters. The van der Waals surface area contributed by atoms with Crippen molar-refractivity contribution in [2.24, 2.45) is 0 Å². The topological polar surface area (TPSA) is 104 Å². The second-order valence-corrected chi connectivity index (χ2v) is 10.8. The second-order valence-electron chi connectivity index (χ2n) is 10.8.